The normalized spacial score (nSPS) is 17.9. The van der Waals surface area contributed by atoms with Gasteiger partial charge in [-0.15, -0.1) is 0 Å². The number of nitrogens with two attached hydrogens (primary N) is 1. The topological polar surface area (TPSA) is 66.2 Å². The lowest BCUT2D eigenvalue weighted by atomic mass is 10.3. The van der Waals surface area contributed by atoms with Gasteiger partial charge in [-0.3, -0.25) is 4.21 Å². The zero-order valence-corrected chi connectivity index (χ0v) is 5.61. The first kappa shape index (κ1) is 8.07. The SMILES string of the molecule is CC(N)CCS(=O)[O-]. The van der Waals surface area contributed by atoms with Crippen molar-refractivity contribution in [3.63, 3.8) is 0 Å². The van der Waals surface area contributed by atoms with Crippen LogP contribution < -0.4 is 5.73 Å². The maximum Gasteiger partial charge on any atom is 0.0116 e. The van der Waals surface area contributed by atoms with E-state index in [4.69, 9.17) is 5.73 Å². The summed E-state index contributed by atoms with van der Waals surface area (Å²) in [7, 11) is 0. The van der Waals surface area contributed by atoms with Crippen LogP contribution in [0.25, 0.3) is 0 Å². The van der Waals surface area contributed by atoms with E-state index in [2.05, 4.69) is 0 Å². The maximum atomic E-state index is 9.85. The Balaban J connectivity index is 3.05. The highest BCUT2D eigenvalue weighted by Gasteiger charge is 1.91. The average Bonchev–Trinajstić information content (AvgIpc) is 1.61. The molecule has 0 saturated carbocycles. The van der Waals surface area contributed by atoms with E-state index in [1.165, 1.54) is 0 Å². The van der Waals surface area contributed by atoms with Crippen molar-refractivity contribution in [3.8, 4) is 0 Å². The van der Waals surface area contributed by atoms with Crippen LogP contribution in [-0.2, 0) is 11.1 Å². The molecule has 4 heteroatoms. The Kier molecular flexibility index (Phi) is 4.03. The number of hydrogen-bond donors (Lipinski definition) is 1. The molecule has 0 amide bonds. The van der Waals surface area contributed by atoms with Crippen molar-refractivity contribution in [2.75, 3.05) is 5.75 Å². The van der Waals surface area contributed by atoms with Crippen LogP contribution in [0.2, 0.25) is 0 Å². The molecule has 0 aliphatic rings. The predicted octanol–water partition coefficient (Wildman–Crippen LogP) is -0.397. The van der Waals surface area contributed by atoms with Gasteiger partial charge < -0.3 is 10.3 Å². The van der Waals surface area contributed by atoms with Gasteiger partial charge in [-0.1, -0.05) is 11.1 Å². The monoisotopic (exact) mass is 136 g/mol. The van der Waals surface area contributed by atoms with Crippen molar-refractivity contribution in [3.05, 3.63) is 0 Å². The second-order valence-electron chi connectivity index (χ2n) is 1.77. The van der Waals surface area contributed by atoms with E-state index >= 15 is 0 Å². The minimum Gasteiger partial charge on any atom is -0.772 e. The highest BCUT2D eigenvalue weighted by atomic mass is 32.2. The Bertz CT molecular complexity index is 84.1. The number of rotatable bonds is 3. The fourth-order valence-electron chi connectivity index (χ4n) is 0.282. The van der Waals surface area contributed by atoms with Crippen LogP contribution in [0.3, 0.4) is 0 Å². The van der Waals surface area contributed by atoms with Gasteiger partial charge >= 0.3 is 0 Å². The van der Waals surface area contributed by atoms with Gasteiger partial charge in [-0.25, -0.2) is 0 Å². The quantitative estimate of drug-likeness (QED) is 0.537. The van der Waals surface area contributed by atoms with E-state index in [1.54, 1.807) is 6.92 Å². The molecule has 0 saturated heterocycles. The van der Waals surface area contributed by atoms with E-state index in [9.17, 15) is 8.76 Å². The summed E-state index contributed by atoms with van der Waals surface area (Å²) in [6.45, 7) is 1.78. The fraction of sp³-hybridized carbons (Fsp3) is 1.00. The predicted molar refractivity (Wildman–Crippen MR) is 32.1 cm³/mol. The van der Waals surface area contributed by atoms with E-state index in [1.807, 2.05) is 0 Å². The van der Waals surface area contributed by atoms with Gasteiger partial charge in [-0.05, 0) is 13.3 Å². The van der Waals surface area contributed by atoms with Gasteiger partial charge in [0, 0.05) is 11.8 Å². The molecule has 0 aromatic rings. The summed E-state index contributed by atoms with van der Waals surface area (Å²) in [6.07, 6.45) is 0.552. The summed E-state index contributed by atoms with van der Waals surface area (Å²) in [6, 6.07) is -0.00657. The van der Waals surface area contributed by atoms with Crippen LogP contribution in [0, 0.1) is 0 Å². The van der Waals surface area contributed by atoms with Gasteiger partial charge in [-0.2, -0.15) is 0 Å². The lowest BCUT2D eigenvalue weighted by molar-refractivity contribution is 0.531. The lowest BCUT2D eigenvalue weighted by Gasteiger charge is -2.05. The van der Waals surface area contributed by atoms with Gasteiger partial charge in [0.05, 0.1) is 0 Å². The molecule has 0 aliphatic carbocycles. The van der Waals surface area contributed by atoms with E-state index in [0.717, 1.165) is 0 Å². The van der Waals surface area contributed by atoms with Crippen molar-refractivity contribution >= 4 is 11.1 Å². The smallest absolute Gasteiger partial charge is 0.0116 e. The van der Waals surface area contributed by atoms with E-state index in [0.29, 0.717) is 6.42 Å². The summed E-state index contributed by atoms with van der Waals surface area (Å²) in [5, 5.41) is 0. The zero-order chi connectivity index (χ0) is 6.57. The average molecular weight is 136 g/mol. The molecule has 0 radical (unpaired) electrons. The van der Waals surface area contributed by atoms with Crippen LogP contribution >= 0.6 is 0 Å². The molecule has 0 rings (SSSR count). The molecule has 0 fully saturated rings. The molecule has 50 valence electrons. The second kappa shape index (κ2) is 4.00. The summed E-state index contributed by atoms with van der Waals surface area (Å²) in [4.78, 5) is 0. The fourth-order valence-corrected chi connectivity index (χ4v) is 0.846. The first-order chi connectivity index (χ1) is 3.63. The molecular weight excluding hydrogens is 126 g/mol. The summed E-state index contributed by atoms with van der Waals surface area (Å²) < 4.78 is 19.7. The molecule has 0 aromatic heterocycles. The lowest BCUT2D eigenvalue weighted by Crippen LogP contribution is -2.17. The third-order valence-corrected chi connectivity index (χ3v) is 1.31. The van der Waals surface area contributed by atoms with Gasteiger partial charge in [0.2, 0.25) is 0 Å². The summed E-state index contributed by atoms with van der Waals surface area (Å²) >= 11 is -1.92. The highest BCUT2D eigenvalue weighted by molar-refractivity contribution is 7.79. The van der Waals surface area contributed by atoms with Crippen LogP contribution in [0.1, 0.15) is 13.3 Å². The van der Waals surface area contributed by atoms with Crippen LogP contribution in [0.5, 0.6) is 0 Å². The third-order valence-electron chi connectivity index (χ3n) is 0.740. The third kappa shape index (κ3) is 6.07. The van der Waals surface area contributed by atoms with Gasteiger partial charge in [0.1, 0.15) is 0 Å². The van der Waals surface area contributed by atoms with Crippen molar-refractivity contribution in [1.82, 2.24) is 0 Å². The molecular formula is C4H10NO2S-. The Labute approximate surface area is 51.6 Å². The van der Waals surface area contributed by atoms with Gasteiger partial charge in [0.25, 0.3) is 0 Å². The van der Waals surface area contributed by atoms with Crippen LogP contribution in [-0.4, -0.2) is 20.6 Å². The molecule has 2 N–H and O–H groups in total. The van der Waals surface area contributed by atoms with Crippen molar-refractivity contribution in [2.24, 2.45) is 5.73 Å². The Morgan fingerprint density at radius 1 is 1.88 bits per heavy atom. The molecule has 3 nitrogen and oxygen atoms in total. The maximum absolute atomic E-state index is 9.85. The molecule has 0 aliphatic heterocycles. The molecule has 8 heavy (non-hydrogen) atoms. The minimum atomic E-state index is -1.92. The minimum absolute atomic E-state index is 0.00657. The molecule has 2 unspecified atom stereocenters. The largest absolute Gasteiger partial charge is 0.772 e. The standard InChI is InChI=1S/C4H11NO2S/c1-4(5)2-3-8(6)7/h4H,2-3,5H2,1H3,(H,6,7)/p-1. The zero-order valence-electron chi connectivity index (χ0n) is 4.79. The molecule has 2 atom stereocenters. The van der Waals surface area contributed by atoms with Crippen molar-refractivity contribution in [1.29, 1.82) is 0 Å². The Hall–Kier alpha value is 0.0700. The Morgan fingerprint density at radius 2 is 2.38 bits per heavy atom. The Morgan fingerprint density at radius 3 is 2.50 bits per heavy atom. The van der Waals surface area contributed by atoms with Crippen LogP contribution in [0.4, 0.5) is 0 Å². The van der Waals surface area contributed by atoms with Crippen molar-refractivity contribution in [2.45, 2.75) is 19.4 Å². The molecule has 0 aromatic carbocycles. The first-order valence-electron chi connectivity index (χ1n) is 2.44. The molecule has 0 bridgehead atoms. The summed E-state index contributed by atoms with van der Waals surface area (Å²) in [5.74, 6) is 0.178. The summed E-state index contributed by atoms with van der Waals surface area (Å²) in [5.41, 5.74) is 5.27. The van der Waals surface area contributed by atoms with E-state index < -0.39 is 11.1 Å². The molecule has 0 heterocycles. The first-order valence-corrected chi connectivity index (χ1v) is 3.68. The van der Waals surface area contributed by atoms with Gasteiger partial charge in [0.15, 0.2) is 0 Å². The second-order valence-corrected chi connectivity index (χ2v) is 2.79. The van der Waals surface area contributed by atoms with E-state index in [-0.39, 0.29) is 11.8 Å². The van der Waals surface area contributed by atoms with Crippen LogP contribution in [0.15, 0.2) is 0 Å². The number of hydrogen-bond acceptors (Lipinski definition) is 3. The molecule has 0 spiro atoms. The van der Waals surface area contributed by atoms with Crippen molar-refractivity contribution < 1.29 is 8.76 Å². The highest BCUT2D eigenvalue weighted by Crippen LogP contribution is 1.86.